The first-order valence-corrected chi connectivity index (χ1v) is 7.47. The number of hydrogen-bond acceptors (Lipinski definition) is 4. The Morgan fingerprint density at radius 3 is 2.71 bits per heavy atom. The van der Waals surface area contributed by atoms with Gasteiger partial charge in [0.1, 0.15) is 11.6 Å². The molecule has 0 atom stereocenters. The molecule has 0 saturated heterocycles. The molecular weight excluding hydrogens is 332 g/mol. The van der Waals surface area contributed by atoms with Gasteiger partial charge in [0.05, 0.1) is 0 Å². The van der Waals surface area contributed by atoms with Gasteiger partial charge in [-0.1, -0.05) is 22.0 Å². The number of ether oxygens (including phenoxy) is 1. The van der Waals surface area contributed by atoms with Gasteiger partial charge in [0.25, 0.3) is 0 Å². The van der Waals surface area contributed by atoms with Crippen LogP contribution in [0, 0.1) is 6.92 Å². The van der Waals surface area contributed by atoms with Gasteiger partial charge < -0.3 is 10.1 Å². The van der Waals surface area contributed by atoms with Crippen LogP contribution in [0.4, 0.5) is 5.82 Å². The van der Waals surface area contributed by atoms with E-state index >= 15 is 0 Å². The van der Waals surface area contributed by atoms with Crippen molar-refractivity contribution < 1.29 is 9.53 Å². The number of nitrogens with zero attached hydrogens (tertiary/aromatic N) is 1. The summed E-state index contributed by atoms with van der Waals surface area (Å²) >= 11 is 3.38. The number of benzene rings is 1. The molecule has 5 heteroatoms. The molecule has 2 rings (SSSR count). The van der Waals surface area contributed by atoms with Gasteiger partial charge in [-0.3, -0.25) is 0 Å². The minimum atomic E-state index is -0.465. The van der Waals surface area contributed by atoms with Crippen molar-refractivity contribution in [1.29, 1.82) is 0 Å². The summed E-state index contributed by atoms with van der Waals surface area (Å²) in [5, 5.41) is 3.16. The van der Waals surface area contributed by atoms with Crippen LogP contribution in [0.5, 0.6) is 5.75 Å². The lowest BCUT2D eigenvalue weighted by atomic mass is 10.2. The molecule has 21 heavy (non-hydrogen) atoms. The summed E-state index contributed by atoms with van der Waals surface area (Å²) in [4.78, 5) is 16.4. The van der Waals surface area contributed by atoms with Gasteiger partial charge >= 0.3 is 5.97 Å². The maximum Gasteiger partial charge on any atom is 0.362 e. The Morgan fingerprint density at radius 1 is 1.29 bits per heavy atom. The van der Waals surface area contributed by atoms with Gasteiger partial charge in [0, 0.05) is 10.5 Å². The lowest BCUT2D eigenvalue weighted by Crippen LogP contribution is -2.15. The lowest BCUT2D eigenvalue weighted by molar-refractivity contribution is 0.0727. The predicted molar refractivity (Wildman–Crippen MR) is 86.8 cm³/mol. The summed E-state index contributed by atoms with van der Waals surface area (Å²) in [6, 6.07) is 11.0. The Hall–Kier alpha value is -1.88. The van der Waals surface area contributed by atoms with Gasteiger partial charge in [-0.25, -0.2) is 9.78 Å². The summed E-state index contributed by atoms with van der Waals surface area (Å²) in [5.41, 5.74) is 1.16. The van der Waals surface area contributed by atoms with Gasteiger partial charge in [0.15, 0.2) is 5.69 Å². The molecule has 0 aliphatic rings. The standard InChI is InChI=1S/C16H17BrN2O2/c1-10(2)18-15-6-4-5-13(19-15)16(20)21-14-8-7-12(17)9-11(14)3/h4-10H,1-3H3,(H,18,19). The number of carbonyl (C=O) groups is 1. The maximum atomic E-state index is 12.2. The summed E-state index contributed by atoms with van der Waals surface area (Å²) in [7, 11) is 0. The minimum absolute atomic E-state index is 0.248. The van der Waals surface area contributed by atoms with Crippen molar-refractivity contribution in [3.05, 3.63) is 52.1 Å². The van der Waals surface area contributed by atoms with E-state index in [1.165, 1.54) is 0 Å². The van der Waals surface area contributed by atoms with Crippen LogP contribution in [0.25, 0.3) is 0 Å². The Kier molecular flexibility index (Phi) is 4.96. The number of nitrogens with one attached hydrogen (secondary N) is 1. The number of carbonyl (C=O) groups excluding carboxylic acids is 1. The highest BCUT2D eigenvalue weighted by atomic mass is 79.9. The average Bonchev–Trinajstić information content (AvgIpc) is 2.41. The fraction of sp³-hybridized carbons (Fsp3) is 0.250. The molecule has 1 heterocycles. The van der Waals surface area contributed by atoms with Crippen LogP contribution in [-0.4, -0.2) is 17.0 Å². The van der Waals surface area contributed by atoms with Crippen molar-refractivity contribution in [3.8, 4) is 5.75 Å². The zero-order chi connectivity index (χ0) is 15.4. The molecule has 1 aromatic carbocycles. The van der Waals surface area contributed by atoms with Gasteiger partial charge in [0.2, 0.25) is 0 Å². The van der Waals surface area contributed by atoms with Crippen LogP contribution in [0.1, 0.15) is 29.9 Å². The largest absolute Gasteiger partial charge is 0.422 e. The average molecular weight is 349 g/mol. The molecule has 2 aromatic rings. The van der Waals surface area contributed by atoms with E-state index < -0.39 is 5.97 Å². The lowest BCUT2D eigenvalue weighted by Gasteiger charge is -2.10. The summed E-state index contributed by atoms with van der Waals surface area (Å²) in [6.45, 7) is 5.91. The van der Waals surface area contributed by atoms with Crippen molar-refractivity contribution >= 4 is 27.7 Å². The molecule has 0 saturated carbocycles. The molecule has 0 amide bonds. The van der Waals surface area contributed by atoms with E-state index in [1.807, 2.05) is 39.0 Å². The summed E-state index contributed by atoms with van der Waals surface area (Å²) in [6.07, 6.45) is 0. The van der Waals surface area contributed by atoms with Crippen molar-refractivity contribution in [3.63, 3.8) is 0 Å². The number of esters is 1. The first-order valence-electron chi connectivity index (χ1n) is 6.67. The quantitative estimate of drug-likeness (QED) is 0.664. The molecule has 1 aromatic heterocycles. The van der Waals surface area contributed by atoms with Gasteiger partial charge in [-0.2, -0.15) is 0 Å². The van der Waals surface area contributed by atoms with Crippen molar-refractivity contribution in [1.82, 2.24) is 4.98 Å². The molecule has 0 bridgehead atoms. The zero-order valence-electron chi connectivity index (χ0n) is 12.2. The monoisotopic (exact) mass is 348 g/mol. The molecule has 110 valence electrons. The molecule has 4 nitrogen and oxygen atoms in total. The van der Waals surface area contributed by atoms with E-state index in [9.17, 15) is 4.79 Å². The van der Waals surface area contributed by atoms with E-state index in [0.29, 0.717) is 11.6 Å². The first-order chi connectivity index (χ1) is 9.95. The Morgan fingerprint density at radius 2 is 2.05 bits per heavy atom. The zero-order valence-corrected chi connectivity index (χ0v) is 13.8. The van der Waals surface area contributed by atoms with Crippen LogP contribution < -0.4 is 10.1 Å². The minimum Gasteiger partial charge on any atom is -0.422 e. The molecule has 0 fully saturated rings. The maximum absolute atomic E-state index is 12.2. The molecule has 0 aliphatic heterocycles. The van der Waals surface area contributed by atoms with E-state index in [2.05, 4.69) is 26.2 Å². The van der Waals surface area contributed by atoms with E-state index in [1.54, 1.807) is 18.2 Å². The number of aromatic nitrogens is 1. The third kappa shape index (κ3) is 4.29. The number of aryl methyl sites for hydroxylation is 1. The van der Waals surface area contributed by atoms with Crippen LogP contribution in [0.3, 0.4) is 0 Å². The molecule has 0 radical (unpaired) electrons. The smallest absolute Gasteiger partial charge is 0.362 e. The van der Waals surface area contributed by atoms with Crippen molar-refractivity contribution in [2.75, 3.05) is 5.32 Å². The second kappa shape index (κ2) is 6.72. The van der Waals surface area contributed by atoms with Crippen molar-refractivity contribution in [2.45, 2.75) is 26.8 Å². The number of rotatable bonds is 4. The van der Waals surface area contributed by atoms with Crippen LogP contribution in [0.15, 0.2) is 40.9 Å². The third-order valence-corrected chi connectivity index (χ3v) is 3.23. The van der Waals surface area contributed by atoms with Gasteiger partial charge in [-0.05, 0) is 56.7 Å². The van der Waals surface area contributed by atoms with Crippen LogP contribution in [0.2, 0.25) is 0 Å². The second-order valence-corrected chi connectivity index (χ2v) is 5.92. The topological polar surface area (TPSA) is 51.2 Å². The molecule has 1 N–H and O–H groups in total. The number of anilines is 1. The highest BCUT2D eigenvalue weighted by Gasteiger charge is 2.12. The highest BCUT2D eigenvalue weighted by molar-refractivity contribution is 9.10. The Balaban J connectivity index is 2.16. The fourth-order valence-electron chi connectivity index (χ4n) is 1.80. The van der Waals surface area contributed by atoms with E-state index in [-0.39, 0.29) is 11.7 Å². The highest BCUT2D eigenvalue weighted by Crippen LogP contribution is 2.23. The number of pyridine rings is 1. The SMILES string of the molecule is Cc1cc(Br)ccc1OC(=O)c1cccc(NC(C)C)n1. The van der Waals surface area contributed by atoms with E-state index in [4.69, 9.17) is 4.74 Å². The van der Waals surface area contributed by atoms with Gasteiger partial charge in [-0.15, -0.1) is 0 Å². The van der Waals surface area contributed by atoms with E-state index in [0.717, 1.165) is 10.0 Å². The Labute approximate surface area is 132 Å². The Bertz CT molecular complexity index is 656. The molecule has 0 unspecified atom stereocenters. The predicted octanol–water partition coefficient (Wildman–Crippen LogP) is 4.19. The number of halogens is 1. The second-order valence-electron chi connectivity index (χ2n) is 5.01. The summed E-state index contributed by atoms with van der Waals surface area (Å²) < 4.78 is 6.34. The summed E-state index contributed by atoms with van der Waals surface area (Å²) in [5.74, 6) is 0.729. The molecular formula is C16H17BrN2O2. The normalized spacial score (nSPS) is 10.5. The first kappa shape index (κ1) is 15.5. The third-order valence-electron chi connectivity index (χ3n) is 2.73. The molecule has 0 aliphatic carbocycles. The van der Waals surface area contributed by atoms with Crippen LogP contribution >= 0.6 is 15.9 Å². The molecule has 0 spiro atoms. The van der Waals surface area contributed by atoms with Crippen LogP contribution in [-0.2, 0) is 0 Å². The van der Waals surface area contributed by atoms with Crippen molar-refractivity contribution in [2.24, 2.45) is 0 Å². The fourth-order valence-corrected chi connectivity index (χ4v) is 2.28. The number of hydrogen-bond donors (Lipinski definition) is 1.